The number of carboxylic acids is 1. The highest BCUT2D eigenvalue weighted by molar-refractivity contribution is 6.05. The van der Waals surface area contributed by atoms with Gasteiger partial charge in [0.05, 0.1) is 6.61 Å². The molecule has 2 rings (SSSR count). The Hall–Kier alpha value is -1.91. The van der Waals surface area contributed by atoms with E-state index in [4.69, 9.17) is 4.74 Å². The zero-order chi connectivity index (χ0) is 15.5. The number of esters is 1. The number of rotatable bonds is 7. The molecule has 1 N–H and O–H groups in total. The first kappa shape index (κ1) is 15.5. The SMILES string of the molecule is CCOC(=O)C(CCC1CC1)(C(=O)O)c1ccc(F)cc1. The lowest BCUT2D eigenvalue weighted by Gasteiger charge is -2.27. The molecule has 0 radical (unpaired) electrons. The summed E-state index contributed by atoms with van der Waals surface area (Å²) in [7, 11) is 0. The maximum absolute atomic E-state index is 13.1. The molecule has 1 aliphatic carbocycles. The van der Waals surface area contributed by atoms with Gasteiger partial charge < -0.3 is 9.84 Å². The average Bonchev–Trinajstić information content (AvgIpc) is 3.25. The van der Waals surface area contributed by atoms with Crippen LogP contribution in [0.1, 0.15) is 38.2 Å². The summed E-state index contributed by atoms with van der Waals surface area (Å²) in [6, 6.07) is 5.05. The first-order chi connectivity index (χ1) is 10.0. The second kappa shape index (κ2) is 6.24. The van der Waals surface area contributed by atoms with Gasteiger partial charge in [-0.15, -0.1) is 0 Å². The van der Waals surface area contributed by atoms with Gasteiger partial charge in [0, 0.05) is 0 Å². The molecule has 5 heteroatoms. The molecule has 0 aromatic heterocycles. The number of carbonyl (C=O) groups is 2. The quantitative estimate of drug-likeness (QED) is 0.620. The minimum Gasteiger partial charge on any atom is -0.480 e. The van der Waals surface area contributed by atoms with Crippen LogP contribution in [-0.2, 0) is 19.7 Å². The van der Waals surface area contributed by atoms with Gasteiger partial charge in [-0.3, -0.25) is 9.59 Å². The number of carboxylic acid groups (broad SMARTS) is 1. The van der Waals surface area contributed by atoms with Crippen LogP contribution in [0.4, 0.5) is 4.39 Å². The Balaban J connectivity index is 2.39. The Bertz CT molecular complexity index is 522. The van der Waals surface area contributed by atoms with E-state index in [2.05, 4.69) is 0 Å². The highest BCUT2D eigenvalue weighted by Crippen LogP contribution is 2.40. The molecule has 21 heavy (non-hydrogen) atoms. The lowest BCUT2D eigenvalue weighted by Crippen LogP contribution is -2.45. The van der Waals surface area contributed by atoms with E-state index in [9.17, 15) is 19.1 Å². The van der Waals surface area contributed by atoms with Crippen molar-refractivity contribution < 1.29 is 23.8 Å². The number of hydrogen-bond acceptors (Lipinski definition) is 3. The highest BCUT2D eigenvalue weighted by atomic mass is 19.1. The van der Waals surface area contributed by atoms with Crippen LogP contribution in [0.25, 0.3) is 0 Å². The van der Waals surface area contributed by atoms with E-state index >= 15 is 0 Å². The predicted molar refractivity (Wildman–Crippen MR) is 74.3 cm³/mol. The smallest absolute Gasteiger partial charge is 0.328 e. The molecule has 1 aliphatic rings. The molecule has 1 fully saturated rings. The molecule has 0 bridgehead atoms. The van der Waals surface area contributed by atoms with Crippen LogP contribution in [0.5, 0.6) is 0 Å². The van der Waals surface area contributed by atoms with Crippen LogP contribution in [0.2, 0.25) is 0 Å². The van der Waals surface area contributed by atoms with Crippen LogP contribution in [-0.4, -0.2) is 23.7 Å². The molecule has 4 nitrogen and oxygen atoms in total. The summed E-state index contributed by atoms with van der Waals surface area (Å²) >= 11 is 0. The van der Waals surface area contributed by atoms with Gasteiger partial charge in [0.15, 0.2) is 5.41 Å². The minimum absolute atomic E-state index is 0.110. The molecule has 0 heterocycles. The van der Waals surface area contributed by atoms with Crippen LogP contribution in [0, 0.1) is 11.7 Å². The fraction of sp³-hybridized carbons (Fsp3) is 0.500. The van der Waals surface area contributed by atoms with Crippen LogP contribution in [0.15, 0.2) is 24.3 Å². The number of hydrogen-bond donors (Lipinski definition) is 1. The van der Waals surface area contributed by atoms with Gasteiger partial charge in [-0.2, -0.15) is 0 Å². The van der Waals surface area contributed by atoms with Crippen LogP contribution >= 0.6 is 0 Å². The molecule has 1 saturated carbocycles. The van der Waals surface area contributed by atoms with E-state index in [1.807, 2.05) is 0 Å². The second-order valence-corrected chi connectivity index (χ2v) is 5.42. The molecule has 0 saturated heterocycles. The van der Waals surface area contributed by atoms with Crippen LogP contribution in [0.3, 0.4) is 0 Å². The van der Waals surface area contributed by atoms with Crippen molar-refractivity contribution in [3.63, 3.8) is 0 Å². The van der Waals surface area contributed by atoms with Gasteiger partial charge in [0.1, 0.15) is 5.82 Å². The van der Waals surface area contributed by atoms with E-state index in [-0.39, 0.29) is 18.6 Å². The van der Waals surface area contributed by atoms with Crippen molar-refractivity contribution in [2.24, 2.45) is 5.92 Å². The van der Waals surface area contributed by atoms with Gasteiger partial charge >= 0.3 is 11.9 Å². The number of ether oxygens (including phenoxy) is 1. The standard InChI is InChI=1S/C16H19FO4/c1-2-21-15(20)16(14(18)19,10-9-11-3-4-11)12-5-7-13(17)8-6-12/h5-8,11H,2-4,9-10H2,1H3,(H,18,19). The Morgan fingerprint density at radius 2 is 1.95 bits per heavy atom. The number of carbonyl (C=O) groups excluding carboxylic acids is 1. The molecule has 1 unspecified atom stereocenters. The van der Waals surface area contributed by atoms with Crippen molar-refractivity contribution in [1.29, 1.82) is 0 Å². The largest absolute Gasteiger partial charge is 0.480 e. The Labute approximate surface area is 122 Å². The Morgan fingerprint density at radius 3 is 2.43 bits per heavy atom. The van der Waals surface area contributed by atoms with Gasteiger partial charge in [0.25, 0.3) is 0 Å². The summed E-state index contributed by atoms with van der Waals surface area (Å²) < 4.78 is 18.1. The fourth-order valence-corrected chi connectivity index (χ4v) is 2.50. The zero-order valence-electron chi connectivity index (χ0n) is 12.0. The monoisotopic (exact) mass is 294 g/mol. The molecule has 1 aromatic carbocycles. The lowest BCUT2D eigenvalue weighted by molar-refractivity contribution is -0.162. The molecule has 114 valence electrons. The maximum atomic E-state index is 13.1. The third-order valence-electron chi connectivity index (χ3n) is 3.95. The predicted octanol–water partition coefficient (Wildman–Crippen LogP) is 2.90. The first-order valence-electron chi connectivity index (χ1n) is 7.17. The van der Waals surface area contributed by atoms with Gasteiger partial charge in [-0.05, 0) is 43.4 Å². The summed E-state index contributed by atoms with van der Waals surface area (Å²) in [5.74, 6) is -2.00. The van der Waals surface area contributed by atoms with Crippen LogP contribution < -0.4 is 0 Å². The number of benzene rings is 1. The summed E-state index contributed by atoms with van der Waals surface area (Å²) in [5.41, 5.74) is -1.47. The number of halogens is 1. The van der Waals surface area contributed by atoms with Crippen molar-refractivity contribution in [2.45, 2.75) is 38.0 Å². The fourth-order valence-electron chi connectivity index (χ4n) is 2.50. The number of aliphatic carboxylic acids is 1. The summed E-state index contributed by atoms with van der Waals surface area (Å²) in [6.07, 6.45) is 2.98. The van der Waals surface area contributed by atoms with Crippen molar-refractivity contribution >= 4 is 11.9 Å². The topological polar surface area (TPSA) is 63.6 Å². The first-order valence-corrected chi connectivity index (χ1v) is 7.17. The Morgan fingerprint density at radius 1 is 1.33 bits per heavy atom. The van der Waals surface area contributed by atoms with E-state index in [1.54, 1.807) is 6.92 Å². The molecule has 0 spiro atoms. The molecule has 1 aromatic rings. The minimum atomic E-state index is -1.74. The summed E-state index contributed by atoms with van der Waals surface area (Å²) in [6.45, 7) is 1.74. The third-order valence-corrected chi connectivity index (χ3v) is 3.95. The maximum Gasteiger partial charge on any atom is 0.328 e. The Kier molecular flexibility index (Phi) is 4.60. The van der Waals surface area contributed by atoms with E-state index in [0.29, 0.717) is 12.3 Å². The van der Waals surface area contributed by atoms with Crippen molar-refractivity contribution in [1.82, 2.24) is 0 Å². The van der Waals surface area contributed by atoms with Gasteiger partial charge in [0.2, 0.25) is 0 Å². The van der Waals surface area contributed by atoms with Gasteiger partial charge in [-0.1, -0.05) is 25.0 Å². The molecule has 0 amide bonds. The van der Waals surface area contributed by atoms with Crippen molar-refractivity contribution in [3.05, 3.63) is 35.6 Å². The van der Waals surface area contributed by atoms with Gasteiger partial charge in [-0.25, -0.2) is 4.39 Å². The molecular formula is C16H19FO4. The molecular weight excluding hydrogens is 275 g/mol. The van der Waals surface area contributed by atoms with E-state index in [0.717, 1.165) is 12.8 Å². The van der Waals surface area contributed by atoms with E-state index < -0.39 is 23.2 Å². The summed E-state index contributed by atoms with van der Waals surface area (Å²) in [5, 5.41) is 9.68. The van der Waals surface area contributed by atoms with Crippen molar-refractivity contribution in [3.8, 4) is 0 Å². The highest BCUT2D eigenvalue weighted by Gasteiger charge is 2.49. The molecule has 1 atom stereocenters. The van der Waals surface area contributed by atoms with Crippen molar-refractivity contribution in [2.75, 3.05) is 6.61 Å². The van der Waals surface area contributed by atoms with E-state index in [1.165, 1.54) is 24.3 Å². The molecule has 0 aliphatic heterocycles. The lowest BCUT2D eigenvalue weighted by atomic mass is 9.76. The normalized spacial score (nSPS) is 17.0. The third kappa shape index (κ3) is 3.23. The average molecular weight is 294 g/mol. The second-order valence-electron chi connectivity index (χ2n) is 5.42. The summed E-state index contributed by atoms with van der Waals surface area (Å²) in [4.78, 5) is 24.2. The zero-order valence-corrected chi connectivity index (χ0v) is 12.0.